The zero-order valence-electron chi connectivity index (χ0n) is 22.0. The molecule has 2 aromatic heterocycles. The molecule has 2 saturated heterocycles. The van der Waals surface area contributed by atoms with Gasteiger partial charge in [-0.15, -0.1) is 0 Å². The Bertz CT molecular complexity index is 1540. The van der Waals surface area contributed by atoms with Gasteiger partial charge in [0.05, 0.1) is 61.0 Å². The van der Waals surface area contributed by atoms with Gasteiger partial charge in [-0.2, -0.15) is 0 Å². The van der Waals surface area contributed by atoms with Crippen LogP contribution in [0.4, 0.5) is 5.82 Å². The first-order valence-corrected chi connectivity index (χ1v) is 14.3. The molecule has 202 valence electrons. The van der Waals surface area contributed by atoms with Crippen LogP contribution in [0, 0.1) is 5.41 Å². The molecule has 2 aliphatic heterocycles. The summed E-state index contributed by atoms with van der Waals surface area (Å²) < 4.78 is 12.6. The van der Waals surface area contributed by atoms with Gasteiger partial charge in [0.2, 0.25) is 0 Å². The molecule has 0 aliphatic carbocycles. The molecule has 10 heteroatoms. The molecule has 0 unspecified atom stereocenters. The second-order valence-electron chi connectivity index (χ2n) is 10.4. The average molecular weight is 564 g/mol. The van der Waals surface area contributed by atoms with Crippen LogP contribution in [0.1, 0.15) is 31.7 Å². The van der Waals surface area contributed by atoms with Crippen LogP contribution in [0.15, 0.2) is 69.8 Å². The highest BCUT2D eigenvalue weighted by atomic mass is 35.5. The summed E-state index contributed by atoms with van der Waals surface area (Å²) in [7, 11) is 1.63. The Labute approximate surface area is 236 Å². The standard InChI is InChI=1S/C29H30ClN5O3S/c1-19-13-29(17-38-19)9-11-34(12-10-29)24-14-32-25(15-31-24)39-23-8-7-22-26(27(23)30)28(36)35(18-33-22)16-20-3-5-21(37-2)6-4-20/h3-8,14-15,18-19H,9-13,16-17H2,1-2H3/t19-/m0/s1. The highest BCUT2D eigenvalue weighted by Crippen LogP contribution is 2.42. The van der Waals surface area contributed by atoms with Crippen molar-refractivity contribution in [2.45, 2.75) is 48.8 Å². The van der Waals surface area contributed by atoms with Crippen molar-refractivity contribution in [1.29, 1.82) is 0 Å². The topological polar surface area (TPSA) is 82.4 Å². The monoisotopic (exact) mass is 563 g/mol. The van der Waals surface area contributed by atoms with Crippen LogP contribution in [-0.2, 0) is 11.3 Å². The molecule has 2 aliphatic rings. The van der Waals surface area contributed by atoms with Gasteiger partial charge in [-0.3, -0.25) is 9.36 Å². The Morgan fingerprint density at radius 3 is 2.56 bits per heavy atom. The first kappa shape index (κ1) is 26.1. The van der Waals surface area contributed by atoms with E-state index in [0.29, 0.717) is 39.0 Å². The molecule has 0 bridgehead atoms. The molecule has 0 saturated carbocycles. The zero-order valence-corrected chi connectivity index (χ0v) is 23.5. The number of nitrogens with zero attached hydrogens (tertiary/aromatic N) is 5. The van der Waals surface area contributed by atoms with E-state index >= 15 is 0 Å². The van der Waals surface area contributed by atoms with Crippen molar-refractivity contribution in [1.82, 2.24) is 19.5 Å². The van der Waals surface area contributed by atoms with Gasteiger partial charge in [0.1, 0.15) is 16.6 Å². The van der Waals surface area contributed by atoms with E-state index in [2.05, 4.69) is 21.8 Å². The fourth-order valence-corrected chi connectivity index (χ4v) is 6.67. The predicted octanol–water partition coefficient (Wildman–Crippen LogP) is 5.44. The lowest BCUT2D eigenvalue weighted by Gasteiger charge is -2.38. The predicted molar refractivity (Wildman–Crippen MR) is 153 cm³/mol. The van der Waals surface area contributed by atoms with Crippen molar-refractivity contribution in [2.24, 2.45) is 5.41 Å². The van der Waals surface area contributed by atoms with Gasteiger partial charge in [-0.25, -0.2) is 15.0 Å². The van der Waals surface area contributed by atoms with Gasteiger partial charge in [0.15, 0.2) is 0 Å². The van der Waals surface area contributed by atoms with Crippen molar-refractivity contribution in [3.05, 3.63) is 76.1 Å². The number of hydrogen-bond acceptors (Lipinski definition) is 8. The minimum atomic E-state index is -0.186. The Morgan fingerprint density at radius 2 is 1.90 bits per heavy atom. The maximum absolute atomic E-state index is 13.4. The molecular formula is C29H30ClN5O3S. The molecule has 1 spiro atoms. The van der Waals surface area contributed by atoms with E-state index in [1.165, 1.54) is 11.8 Å². The molecule has 2 fully saturated rings. The third kappa shape index (κ3) is 5.35. The largest absolute Gasteiger partial charge is 0.497 e. The molecule has 39 heavy (non-hydrogen) atoms. The summed E-state index contributed by atoms with van der Waals surface area (Å²) >= 11 is 8.17. The zero-order chi connectivity index (χ0) is 27.0. The molecule has 0 radical (unpaired) electrons. The van der Waals surface area contributed by atoms with E-state index in [1.54, 1.807) is 24.2 Å². The number of aromatic nitrogens is 4. The third-order valence-corrected chi connectivity index (χ3v) is 9.26. The summed E-state index contributed by atoms with van der Waals surface area (Å²) in [4.78, 5) is 30.2. The second kappa shape index (κ2) is 10.8. The number of halogens is 1. The fourth-order valence-electron chi connectivity index (χ4n) is 5.55. The quantitative estimate of drug-likeness (QED) is 0.306. The number of anilines is 1. The lowest BCUT2D eigenvalue weighted by Crippen LogP contribution is -2.41. The number of ether oxygens (including phenoxy) is 2. The van der Waals surface area contributed by atoms with Gasteiger partial charge in [-0.1, -0.05) is 35.5 Å². The van der Waals surface area contributed by atoms with E-state index in [-0.39, 0.29) is 5.56 Å². The molecule has 8 nitrogen and oxygen atoms in total. The third-order valence-electron chi connectivity index (χ3n) is 7.78. The van der Waals surface area contributed by atoms with Gasteiger partial charge in [0, 0.05) is 18.0 Å². The van der Waals surface area contributed by atoms with Crippen LogP contribution < -0.4 is 15.2 Å². The number of hydrogen-bond donors (Lipinski definition) is 0. The number of benzene rings is 2. The van der Waals surface area contributed by atoms with Crippen LogP contribution in [-0.4, -0.2) is 52.4 Å². The summed E-state index contributed by atoms with van der Waals surface area (Å²) in [5, 5.41) is 1.49. The molecule has 0 amide bonds. The van der Waals surface area contributed by atoms with Gasteiger partial charge in [0.25, 0.3) is 5.56 Å². The summed E-state index contributed by atoms with van der Waals surface area (Å²) in [5.41, 5.74) is 1.67. The lowest BCUT2D eigenvalue weighted by molar-refractivity contribution is 0.0976. The smallest absolute Gasteiger partial charge is 0.263 e. The van der Waals surface area contributed by atoms with Gasteiger partial charge in [-0.05, 0) is 61.4 Å². The maximum atomic E-state index is 13.4. The molecule has 0 N–H and O–H groups in total. The van der Waals surface area contributed by atoms with Crippen molar-refractivity contribution >= 4 is 40.1 Å². The lowest BCUT2D eigenvalue weighted by atomic mass is 9.77. The van der Waals surface area contributed by atoms with Crippen LogP contribution >= 0.6 is 23.4 Å². The summed E-state index contributed by atoms with van der Waals surface area (Å²) in [6.07, 6.45) is 8.91. The normalized spacial score (nSPS) is 18.6. The number of methoxy groups -OCH3 is 1. The SMILES string of the molecule is COc1ccc(Cn2cnc3ccc(Sc4cnc(N5CCC6(CC5)CO[C@@H](C)C6)cn4)c(Cl)c3c2=O)cc1. The second-order valence-corrected chi connectivity index (χ2v) is 11.9. The number of fused-ring (bicyclic) bond motifs is 1. The highest BCUT2D eigenvalue weighted by molar-refractivity contribution is 7.99. The Morgan fingerprint density at radius 1 is 1.10 bits per heavy atom. The molecule has 1 atom stereocenters. The Kier molecular flexibility index (Phi) is 7.22. The molecule has 4 aromatic rings. The highest BCUT2D eigenvalue weighted by Gasteiger charge is 2.41. The average Bonchev–Trinajstić information content (AvgIpc) is 3.32. The van der Waals surface area contributed by atoms with Crippen LogP contribution in [0.25, 0.3) is 10.9 Å². The minimum absolute atomic E-state index is 0.186. The molecular weight excluding hydrogens is 534 g/mol. The van der Waals surface area contributed by atoms with Crippen LogP contribution in [0.3, 0.4) is 0 Å². The van der Waals surface area contributed by atoms with Crippen LogP contribution in [0.2, 0.25) is 5.02 Å². The van der Waals surface area contributed by atoms with Gasteiger partial charge >= 0.3 is 0 Å². The van der Waals surface area contributed by atoms with E-state index in [9.17, 15) is 4.79 Å². The van der Waals surface area contributed by atoms with E-state index in [1.807, 2.05) is 42.6 Å². The maximum Gasteiger partial charge on any atom is 0.263 e. The molecule has 6 rings (SSSR count). The Hall–Kier alpha value is -3.14. The summed E-state index contributed by atoms with van der Waals surface area (Å²) in [6, 6.07) is 11.3. The first-order valence-electron chi connectivity index (χ1n) is 13.1. The number of rotatable bonds is 6. The minimum Gasteiger partial charge on any atom is -0.497 e. The van der Waals surface area contributed by atoms with Crippen molar-refractivity contribution < 1.29 is 9.47 Å². The van der Waals surface area contributed by atoms with Crippen LogP contribution in [0.5, 0.6) is 5.75 Å². The number of piperidine rings is 1. The molecule has 4 heterocycles. The fraction of sp³-hybridized carbons (Fsp3) is 0.379. The Balaban J connectivity index is 1.17. The van der Waals surface area contributed by atoms with E-state index in [4.69, 9.17) is 26.1 Å². The van der Waals surface area contributed by atoms with E-state index < -0.39 is 0 Å². The van der Waals surface area contributed by atoms with E-state index in [0.717, 1.165) is 61.0 Å². The van der Waals surface area contributed by atoms with Gasteiger partial charge < -0.3 is 14.4 Å². The van der Waals surface area contributed by atoms with Crippen molar-refractivity contribution in [3.63, 3.8) is 0 Å². The van der Waals surface area contributed by atoms with Crippen molar-refractivity contribution in [2.75, 3.05) is 31.7 Å². The summed E-state index contributed by atoms with van der Waals surface area (Å²) in [5.74, 6) is 1.65. The first-order chi connectivity index (χ1) is 18.9. The molecule has 2 aromatic carbocycles. The van der Waals surface area contributed by atoms with Crippen molar-refractivity contribution in [3.8, 4) is 5.75 Å². The summed E-state index contributed by atoms with van der Waals surface area (Å²) in [6.45, 7) is 5.35.